The summed E-state index contributed by atoms with van der Waals surface area (Å²) in [5.41, 5.74) is 3.95. The summed E-state index contributed by atoms with van der Waals surface area (Å²) in [4.78, 5) is 0. The lowest BCUT2D eigenvalue weighted by molar-refractivity contribution is -0.137. The first kappa shape index (κ1) is 27.5. The predicted molar refractivity (Wildman–Crippen MR) is 149 cm³/mol. The topological polar surface area (TPSA) is 9.23 Å². The Labute approximate surface area is 224 Å². The molecule has 0 aliphatic carbocycles. The van der Waals surface area contributed by atoms with Crippen LogP contribution in [0.4, 0.5) is 13.2 Å². The summed E-state index contributed by atoms with van der Waals surface area (Å²) in [6.07, 6.45) is -2.60. The monoisotopic (exact) mass is 516 g/mol. The maximum absolute atomic E-state index is 13.4. The van der Waals surface area contributed by atoms with Gasteiger partial charge in [0.05, 0.1) is 12.7 Å². The zero-order chi connectivity index (χ0) is 27.1. The van der Waals surface area contributed by atoms with Crippen LogP contribution in [0.3, 0.4) is 0 Å². The largest absolute Gasteiger partial charge is 0.497 e. The van der Waals surface area contributed by atoms with Crippen molar-refractivity contribution in [2.24, 2.45) is 0 Å². The molecule has 0 aromatic heterocycles. The number of halogens is 3. The molecule has 4 atom stereocenters. The van der Waals surface area contributed by atoms with Crippen LogP contribution in [0, 0.1) is 0 Å². The molecule has 38 heavy (non-hydrogen) atoms. The van der Waals surface area contributed by atoms with Crippen LogP contribution in [0.2, 0.25) is 0 Å². The summed E-state index contributed by atoms with van der Waals surface area (Å²) in [5.74, 6) is 1.33. The molecule has 0 radical (unpaired) electrons. The van der Waals surface area contributed by atoms with E-state index in [1.54, 1.807) is 19.2 Å². The predicted octanol–water partition coefficient (Wildman–Crippen LogP) is 9.97. The molecule has 4 unspecified atom stereocenters. The van der Waals surface area contributed by atoms with Crippen molar-refractivity contribution in [3.05, 3.63) is 137 Å². The van der Waals surface area contributed by atoms with Gasteiger partial charge in [0.1, 0.15) is 5.75 Å². The van der Waals surface area contributed by atoms with Crippen molar-refractivity contribution in [3.8, 4) is 5.75 Å². The molecule has 0 aliphatic heterocycles. The van der Waals surface area contributed by atoms with E-state index < -0.39 is 11.7 Å². The zero-order valence-corrected chi connectivity index (χ0v) is 22.2. The summed E-state index contributed by atoms with van der Waals surface area (Å²) >= 11 is 0. The van der Waals surface area contributed by atoms with Crippen molar-refractivity contribution < 1.29 is 17.9 Å². The molecule has 0 aliphatic rings. The van der Waals surface area contributed by atoms with Crippen LogP contribution in [0.15, 0.2) is 109 Å². The number of ether oxygens (including phenoxy) is 1. The van der Waals surface area contributed by atoms with Crippen molar-refractivity contribution >= 4 is 0 Å². The molecule has 0 saturated carbocycles. The van der Waals surface area contributed by atoms with E-state index >= 15 is 0 Å². The fourth-order valence-electron chi connectivity index (χ4n) is 5.51. The molecule has 0 spiro atoms. The van der Waals surface area contributed by atoms with E-state index in [2.05, 4.69) is 62.4 Å². The maximum Gasteiger partial charge on any atom is 0.416 e. The highest BCUT2D eigenvalue weighted by molar-refractivity contribution is 5.38. The van der Waals surface area contributed by atoms with Gasteiger partial charge in [0, 0.05) is 0 Å². The standard InChI is InChI=1S/C34H35F3O/c1-24(26-10-6-4-7-11-26)14-23-32(28-15-19-30(20-16-28)34(35,36)37)33(25(2)27-12-8-5-9-13-27)29-17-21-31(38-3)22-18-29/h4-13,15-22,24-25,32-33H,14,23H2,1-3H3. The molecule has 4 aromatic carbocycles. The first-order chi connectivity index (χ1) is 18.3. The minimum atomic E-state index is -4.36. The average molecular weight is 517 g/mol. The summed E-state index contributed by atoms with van der Waals surface area (Å²) in [6.45, 7) is 4.45. The minimum absolute atomic E-state index is 0.0204. The quantitative estimate of drug-likeness (QED) is 0.204. The van der Waals surface area contributed by atoms with Gasteiger partial charge < -0.3 is 4.74 Å². The molecular formula is C34H35F3O. The Balaban J connectivity index is 1.76. The van der Waals surface area contributed by atoms with Gasteiger partial charge in [0.25, 0.3) is 0 Å². The van der Waals surface area contributed by atoms with E-state index in [1.165, 1.54) is 23.3 Å². The van der Waals surface area contributed by atoms with Gasteiger partial charge in [-0.15, -0.1) is 0 Å². The number of hydrogen-bond donors (Lipinski definition) is 0. The molecule has 0 N–H and O–H groups in total. The second-order valence-electron chi connectivity index (χ2n) is 10.1. The van der Waals surface area contributed by atoms with Crippen molar-refractivity contribution in [1.29, 1.82) is 0 Å². The van der Waals surface area contributed by atoms with E-state index in [4.69, 9.17) is 4.74 Å². The lowest BCUT2D eigenvalue weighted by Gasteiger charge is -2.34. The van der Waals surface area contributed by atoms with Gasteiger partial charge in [-0.25, -0.2) is 0 Å². The molecule has 1 nitrogen and oxygen atoms in total. The summed E-state index contributed by atoms with van der Waals surface area (Å²) in [5, 5.41) is 0. The highest BCUT2D eigenvalue weighted by Gasteiger charge is 2.33. The van der Waals surface area contributed by atoms with Crippen LogP contribution in [0.5, 0.6) is 5.75 Å². The van der Waals surface area contributed by atoms with E-state index in [-0.39, 0.29) is 17.8 Å². The molecule has 0 saturated heterocycles. The van der Waals surface area contributed by atoms with Gasteiger partial charge in [-0.05, 0) is 83.0 Å². The number of methoxy groups -OCH3 is 1. The van der Waals surface area contributed by atoms with Crippen LogP contribution in [0.25, 0.3) is 0 Å². The lowest BCUT2D eigenvalue weighted by atomic mass is 9.70. The maximum atomic E-state index is 13.4. The molecule has 4 rings (SSSR count). The van der Waals surface area contributed by atoms with Crippen molar-refractivity contribution in [2.75, 3.05) is 7.11 Å². The molecule has 4 aromatic rings. The first-order valence-corrected chi connectivity index (χ1v) is 13.2. The Hall–Kier alpha value is -3.53. The fourth-order valence-corrected chi connectivity index (χ4v) is 5.51. The number of hydrogen-bond acceptors (Lipinski definition) is 1. The molecule has 4 heteroatoms. The zero-order valence-electron chi connectivity index (χ0n) is 22.2. The Morgan fingerprint density at radius 1 is 0.605 bits per heavy atom. The van der Waals surface area contributed by atoms with Crippen LogP contribution >= 0.6 is 0 Å². The molecule has 0 heterocycles. The number of rotatable bonds is 10. The number of benzene rings is 4. The second-order valence-corrected chi connectivity index (χ2v) is 10.1. The Bertz CT molecular complexity index is 1250. The van der Waals surface area contributed by atoms with E-state index in [9.17, 15) is 13.2 Å². The summed E-state index contributed by atoms with van der Waals surface area (Å²) in [6, 6.07) is 34.7. The van der Waals surface area contributed by atoms with Crippen LogP contribution in [0.1, 0.15) is 78.2 Å². The Morgan fingerprint density at radius 2 is 1.13 bits per heavy atom. The van der Waals surface area contributed by atoms with Gasteiger partial charge in [-0.1, -0.05) is 98.8 Å². The van der Waals surface area contributed by atoms with Gasteiger partial charge in [-0.3, -0.25) is 0 Å². The van der Waals surface area contributed by atoms with Crippen molar-refractivity contribution in [2.45, 2.75) is 56.5 Å². The van der Waals surface area contributed by atoms with Crippen LogP contribution in [-0.2, 0) is 6.18 Å². The van der Waals surface area contributed by atoms with Gasteiger partial charge in [0.15, 0.2) is 0 Å². The highest BCUT2D eigenvalue weighted by atomic mass is 19.4. The minimum Gasteiger partial charge on any atom is -0.497 e. The Morgan fingerprint density at radius 3 is 1.66 bits per heavy atom. The fraction of sp³-hybridized carbons (Fsp3) is 0.294. The third-order valence-corrected chi connectivity index (χ3v) is 7.74. The van der Waals surface area contributed by atoms with E-state index in [1.807, 2.05) is 36.4 Å². The molecule has 198 valence electrons. The lowest BCUT2D eigenvalue weighted by Crippen LogP contribution is -2.19. The van der Waals surface area contributed by atoms with Gasteiger partial charge >= 0.3 is 6.18 Å². The smallest absolute Gasteiger partial charge is 0.416 e. The van der Waals surface area contributed by atoms with Crippen LogP contribution in [-0.4, -0.2) is 7.11 Å². The highest BCUT2D eigenvalue weighted by Crippen LogP contribution is 2.47. The third kappa shape index (κ3) is 6.66. The molecule has 0 bridgehead atoms. The summed E-state index contributed by atoms with van der Waals surface area (Å²) in [7, 11) is 1.65. The third-order valence-electron chi connectivity index (χ3n) is 7.74. The summed E-state index contributed by atoms with van der Waals surface area (Å²) < 4.78 is 45.6. The van der Waals surface area contributed by atoms with E-state index in [0.29, 0.717) is 5.92 Å². The normalized spacial score (nSPS) is 14.9. The average Bonchev–Trinajstić information content (AvgIpc) is 2.95. The Kier molecular flexibility index (Phi) is 8.93. The van der Waals surface area contributed by atoms with Crippen LogP contribution < -0.4 is 4.74 Å². The van der Waals surface area contributed by atoms with Crippen molar-refractivity contribution in [3.63, 3.8) is 0 Å². The molecular weight excluding hydrogens is 481 g/mol. The van der Waals surface area contributed by atoms with Gasteiger partial charge in [0.2, 0.25) is 0 Å². The second kappa shape index (κ2) is 12.3. The van der Waals surface area contributed by atoms with E-state index in [0.717, 1.165) is 29.7 Å². The number of alkyl halides is 3. The SMILES string of the molecule is COc1ccc(C(C(C)c2ccccc2)C(CCC(C)c2ccccc2)c2ccc(C(F)(F)F)cc2)cc1. The molecule has 0 fully saturated rings. The first-order valence-electron chi connectivity index (χ1n) is 13.2. The van der Waals surface area contributed by atoms with Gasteiger partial charge in [-0.2, -0.15) is 13.2 Å². The van der Waals surface area contributed by atoms with Crippen molar-refractivity contribution in [1.82, 2.24) is 0 Å². The molecule has 0 amide bonds.